The fourth-order valence-corrected chi connectivity index (χ4v) is 3.08. The molecule has 0 amide bonds. The third kappa shape index (κ3) is 0.873. The van der Waals surface area contributed by atoms with Gasteiger partial charge in [0.1, 0.15) is 6.07 Å². The lowest BCUT2D eigenvalue weighted by molar-refractivity contribution is 1.49. The molecule has 2 aromatic rings. The van der Waals surface area contributed by atoms with Gasteiger partial charge in [-0.1, -0.05) is 0 Å². The van der Waals surface area contributed by atoms with Gasteiger partial charge in [-0.05, 0) is 6.92 Å². The summed E-state index contributed by atoms with van der Waals surface area (Å²) in [6, 6.07) is 2.22. The lowest BCUT2D eigenvalue weighted by Crippen LogP contribution is -1.68. The van der Waals surface area contributed by atoms with Crippen LogP contribution < -0.4 is 0 Å². The van der Waals surface area contributed by atoms with Crippen molar-refractivity contribution in [2.45, 2.75) is 6.92 Å². The predicted molar refractivity (Wildman–Crippen MR) is 49.2 cm³/mol. The van der Waals surface area contributed by atoms with E-state index in [1.165, 1.54) is 4.70 Å². The van der Waals surface area contributed by atoms with E-state index in [0.717, 1.165) is 15.8 Å². The van der Waals surface area contributed by atoms with Gasteiger partial charge in [0, 0.05) is 25.7 Å². The summed E-state index contributed by atoms with van der Waals surface area (Å²) in [6.07, 6.45) is 0. The Balaban J connectivity index is 2.94. The molecule has 0 atom stereocenters. The molecule has 0 aliphatic carbocycles. The van der Waals surface area contributed by atoms with Crippen LogP contribution in [0.15, 0.2) is 10.8 Å². The molecule has 2 rings (SSSR count). The minimum atomic E-state index is 0.853. The first-order chi connectivity index (χ1) is 5.33. The molecule has 0 aliphatic heterocycles. The standard InChI is InChI=1S/C8H5NS2/c1-5-6(2-9)7-3-10-4-8(7)11-5/h3-4H,1H3. The van der Waals surface area contributed by atoms with Gasteiger partial charge in [0.05, 0.1) is 5.56 Å². The van der Waals surface area contributed by atoms with Crippen LogP contribution in [0.3, 0.4) is 0 Å². The third-order valence-corrected chi connectivity index (χ3v) is 3.58. The van der Waals surface area contributed by atoms with Crippen molar-refractivity contribution in [1.29, 1.82) is 5.26 Å². The van der Waals surface area contributed by atoms with Crippen molar-refractivity contribution in [3.05, 3.63) is 21.2 Å². The van der Waals surface area contributed by atoms with E-state index in [4.69, 9.17) is 5.26 Å². The maximum atomic E-state index is 8.78. The van der Waals surface area contributed by atoms with Gasteiger partial charge in [-0.25, -0.2) is 0 Å². The molecule has 54 valence electrons. The Morgan fingerprint density at radius 1 is 1.45 bits per heavy atom. The summed E-state index contributed by atoms with van der Waals surface area (Å²) >= 11 is 3.35. The summed E-state index contributed by atoms with van der Waals surface area (Å²) in [5, 5.41) is 14.0. The summed E-state index contributed by atoms with van der Waals surface area (Å²) in [5.41, 5.74) is 0.853. The Labute approximate surface area is 72.5 Å². The summed E-state index contributed by atoms with van der Waals surface area (Å²) in [5.74, 6) is 0. The number of rotatable bonds is 0. The van der Waals surface area contributed by atoms with Gasteiger partial charge in [0.25, 0.3) is 0 Å². The van der Waals surface area contributed by atoms with E-state index in [9.17, 15) is 0 Å². The molecule has 1 nitrogen and oxygen atoms in total. The lowest BCUT2D eigenvalue weighted by atomic mass is 10.2. The molecule has 0 radical (unpaired) electrons. The summed E-state index contributed by atoms with van der Waals surface area (Å²) in [7, 11) is 0. The Morgan fingerprint density at radius 3 is 3.00 bits per heavy atom. The molecule has 0 saturated heterocycles. The third-order valence-electron chi connectivity index (χ3n) is 1.62. The number of nitriles is 1. The molecule has 2 heterocycles. The zero-order valence-electron chi connectivity index (χ0n) is 5.92. The van der Waals surface area contributed by atoms with Crippen molar-refractivity contribution >= 4 is 32.8 Å². The van der Waals surface area contributed by atoms with Gasteiger partial charge in [0.2, 0.25) is 0 Å². The van der Waals surface area contributed by atoms with Crippen molar-refractivity contribution in [3.8, 4) is 6.07 Å². The van der Waals surface area contributed by atoms with Crippen LogP contribution in [0.2, 0.25) is 0 Å². The fraction of sp³-hybridized carbons (Fsp3) is 0.125. The van der Waals surface area contributed by atoms with Crippen LogP contribution in [0.4, 0.5) is 0 Å². The molecule has 3 heteroatoms. The Kier molecular flexibility index (Phi) is 1.45. The minimum Gasteiger partial charge on any atom is -0.192 e. The lowest BCUT2D eigenvalue weighted by Gasteiger charge is -1.80. The molecule has 0 bridgehead atoms. The SMILES string of the molecule is Cc1sc2cscc2c1C#N. The van der Waals surface area contributed by atoms with E-state index in [1.807, 2.05) is 12.3 Å². The highest BCUT2D eigenvalue weighted by Crippen LogP contribution is 2.32. The summed E-state index contributed by atoms with van der Waals surface area (Å²) in [4.78, 5) is 1.13. The minimum absolute atomic E-state index is 0.853. The molecule has 11 heavy (non-hydrogen) atoms. The molecule has 2 aromatic heterocycles. The first-order valence-electron chi connectivity index (χ1n) is 3.18. The highest BCUT2D eigenvalue weighted by Gasteiger charge is 2.07. The maximum Gasteiger partial charge on any atom is 0.101 e. The van der Waals surface area contributed by atoms with E-state index in [1.54, 1.807) is 22.7 Å². The van der Waals surface area contributed by atoms with Crippen molar-refractivity contribution in [3.63, 3.8) is 0 Å². The van der Waals surface area contributed by atoms with Crippen LogP contribution in [-0.2, 0) is 0 Å². The molecule has 0 aromatic carbocycles. The second-order valence-electron chi connectivity index (χ2n) is 2.29. The van der Waals surface area contributed by atoms with Crippen molar-refractivity contribution in [1.82, 2.24) is 0 Å². The summed E-state index contributed by atoms with van der Waals surface area (Å²) < 4.78 is 1.24. The van der Waals surface area contributed by atoms with Crippen LogP contribution in [0.25, 0.3) is 10.1 Å². The molecule has 0 N–H and O–H groups in total. The number of nitrogens with zero attached hydrogens (tertiary/aromatic N) is 1. The molecule has 0 saturated carbocycles. The average molecular weight is 179 g/mol. The van der Waals surface area contributed by atoms with Gasteiger partial charge in [-0.15, -0.1) is 11.3 Å². The Hall–Kier alpha value is -0.850. The van der Waals surface area contributed by atoms with Gasteiger partial charge in [0.15, 0.2) is 0 Å². The van der Waals surface area contributed by atoms with Gasteiger partial charge < -0.3 is 0 Å². The number of aryl methyl sites for hydroxylation is 1. The monoisotopic (exact) mass is 179 g/mol. The van der Waals surface area contributed by atoms with Crippen molar-refractivity contribution in [2.75, 3.05) is 0 Å². The highest BCUT2D eigenvalue weighted by atomic mass is 32.1. The molecule has 0 spiro atoms. The average Bonchev–Trinajstić information content (AvgIpc) is 2.46. The number of thiophene rings is 2. The number of hydrogen-bond donors (Lipinski definition) is 0. The van der Waals surface area contributed by atoms with E-state index < -0.39 is 0 Å². The van der Waals surface area contributed by atoms with Crippen LogP contribution in [0.1, 0.15) is 10.4 Å². The maximum absolute atomic E-state index is 8.78. The second kappa shape index (κ2) is 2.33. The quantitative estimate of drug-likeness (QED) is 0.609. The normalized spacial score (nSPS) is 10.2. The summed E-state index contributed by atoms with van der Waals surface area (Å²) in [6.45, 7) is 1.99. The first kappa shape index (κ1) is 6.84. The van der Waals surface area contributed by atoms with Gasteiger partial charge >= 0.3 is 0 Å². The van der Waals surface area contributed by atoms with E-state index in [-0.39, 0.29) is 0 Å². The topological polar surface area (TPSA) is 23.8 Å². The largest absolute Gasteiger partial charge is 0.192 e. The van der Waals surface area contributed by atoms with Crippen molar-refractivity contribution in [2.24, 2.45) is 0 Å². The highest BCUT2D eigenvalue weighted by molar-refractivity contribution is 7.22. The zero-order chi connectivity index (χ0) is 7.84. The second-order valence-corrected chi connectivity index (χ2v) is 4.29. The number of fused-ring (bicyclic) bond motifs is 1. The smallest absolute Gasteiger partial charge is 0.101 e. The molecule has 0 unspecified atom stereocenters. The first-order valence-corrected chi connectivity index (χ1v) is 4.94. The molecule has 0 fully saturated rings. The fourth-order valence-electron chi connectivity index (χ4n) is 1.09. The van der Waals surface area contributed by atoms with Gasteiger partial charge in [-0.2, -0.15) is 16.6 Å². The van der Waals surface area contributed by atoms with Crippen molar-refractivity contribution < 1.29 is 0 Å². The molecular formula is C8H5NS2. The van der Waals surface area contributed by atoms with E-state index in [0.29, 0.717) is 0 Å². The van der Waals surface area contributed by atoms with E-state index >= 15 is 0 Å². The van der Waals surface area contributed by atoms with Crippen LogP contribution in [0, 0.1) is 18.3 Å². The van der Waals surface area contributed by atoms with Gasteiger partial charge in [-0.3, -0.25) is 0 Å². The van der Waals surface area contributed by atoms with E-state index in [2.05, 4.69) is 11.4 Å². The number of hydrogen-bond acceptors (Lipinski definition) is 3. The Morgan fingerprint density at radius 2 is 2.27 bits per heavy atom. The van der Waals surface area contributed by atoms with Crippen LogP contribution in [-0.4, -0.2) is 0 Å². The molecular weight excluding hydrogens is 174 g/mol. The predicted octanol–water partition coefficient (Wildman–Crippen LogP) is 3.14. The zero-order valence-corrected chi connectivity index (χ0v) is 7.55. The Bertz CT molecular complexity index is 430. The molecule has 0 aliphatic rings. The van der Waals surface area contributed by atoms with Crippen LogP contribution >= 0.6 is 22.7 Å². The van der Waals surface area contributed by atoms with Crippen LogP contribution in [0.5, 0.6) is 0 Å².